The Hall–Kier alpha value is -1.52. The fraction of sp³-hybridized carbons (Fsp3) is 0.333. The van der Waals surface area contributed by atoms with Crippen molar-refractivity contribution in [3.8, 4) is 0 Å². The number of non-ortho nitro benzene ring substituents is 1. The van der Waals surface area contributed by atoms with Gasteiger partial charge in [0.25, 0.3) is 11.6 Å². The van der Waals surface area contributed by atoms with E-state index in [1.165, 1.54) is 19.1 Å². The third kappa shape index (κ3) is 2.04. The summed E-state index contributed by atoms with van der Waals surface area (Å²) < 4.78 is 25.9. The molecular weight excluding hydrogens is 192 g/mol. The number of halogens is 2. The van der Waals surface area contributed by atoms with Gasteiger partial charge in [0.2, 0.25) is 0 Å². The standard InChI is InChI=1S/C9H9F2NO2/c1-6-3-4-7(12(13)14)5-8(6)9(2,10)11/h3-5H,1-2H3. The predicted molar refractivity (Wildman–Crippen MR) is 47.4 cm³/mol. The van der Waals surface area contributed by atoms with Crippen LogP contribution in [-0.2, 0) is 5.92 Å². The topological polar surface area (TPSA) is 43.1 Å². The molecule has 0 aromatic heterocycles. The van der Waals surface area contributed by atoms with Crippen LogP contribution in [0.25, 0.3) is 0 Å². The molecule has 1 rings (SSSR count). The quantitative estimate of drug-likeness (QED) is 0.545. The maximum absolute atomic E-state index is 12.9. The van der Waals surface area contributed by atoms with Crippen molar-refractivity contribution in [3.63, 3.8) is 0 Å². The summed E-state index contributed by atoms with van der Waals surface area (Å²) >= 11 is 0. The normalized spacial score (nSPS) is 11.4. The van der Waals surface area contributed by atoms with Crippen LogP contribution in [0.1, 0.15) is 18.1 Å². The van der Waals surface area contributed by atoms with Crippen molar-refractivity contribution in [2.75, 3.05) is 0 Å². The van der Waals surface area contributed by atoms with Gasteiger partial charge in [-0.25, -0.2) is 8.78 Å². The number of nitrogens with zero attached hydrogens (tertiary/aromatic N) is 1. The van der Waals surface area contributed by atoms with E-state index in [2.05, 4.69) is 0 Å². The average Bonchev–Trinajstić information content (AvgIpc) is 2.02. The molecule has 0 saturated carbocycles. The zero-order valence-electron chi connectivity index (χ0n) is 7.75. The molecular formula is C9H9F2NO2. The van der Waals surface area contributed by atoms with Crippen LogP contribution in [0.3, 0.4) is 0 Å². The lowest BCUT2D eigenvalue weighted by Crippen LogP contribution is -2.09. The summed E-state index contributed by atoms with van der Waals surface area (Å²) in [5.41, 5.74) is -0.262. The molecule has 0 aliphatic heterocycles. The number of nitro benzene ring substituents is 1. The highest BCUT2D eigenvalue weighted by molar-refractivity contribution is 5.41. The van der Waals surface area contributed by atoms with Crippen LogP contribution in [0.4, 0.5) is 14.5 Å². The van der Waals surface area contributed by atoms with Crippen molar-refractivity contribution in [1.82, 2.24) is 0 Å². The zero-order valence-corrected chi connectivity index (χ0v) is 7.75. The van der Waals surface area contributed by atoms with Crippen LogP contribution >= 0.6 is 0 Å². The molecule has 0 unspecified atom stereocenters. The second kappa shape index (κ2) is 3.32. The van der Waals surface area contributed by atoms with Gasteiger partial charge in [-0.3, -0.25) is 10.1 Å². The van der Waals surface area contributed by atoms with Crippen molar-refractivity contribution < 1.29 is 13.7 Å². The zero-order chi connectivity index (χ0) is 10.9. The fourth-order valence-electron chi connectivity index (χ4n) is 1.20. The third-order valence-corrected chi connectivity index (χ3v) is 1.90. The van der Waals surface area contributed by atoms with Gasteiger partial charge in [0.1, 0.15) is 0 Å². The molecule has 5 heteroatoms. The minimum absolute atomic E-state index is 0.299. The summed E-state index contributed by atoms with van der Waals surface area (Å²) in [5.74, 6) is -3.05. The highest BCUT2D eigenvalue weighted by Crippen LogP contribution is 2.31. The Morgan fingerprint density at radius 2 is 2.00 bits per heavy atom. The summed E-state index contributed by atoms with van der Waals surface area (Å²) in [4.78, 5) is 9.67. The molecule has 14 heavy (non-hydrogen) atoms. The first-order valence-electron chi connectivity index (χ1n) is 3.95. The molecule has 0 bridgehead atoms. The predicted octanol–water partition coefficient (Wildman–Crippen LogP) is 3.01. The largest absolute Gasteiger partial charge is 0.271 e. The average molecular weight is 201 g/mol. The van der Waals surface area contributed by atoms with Crippen molar-refractivity contribution in [2.24, 2.45) is 0 Å². The van der Waals surface area contributed by atoms with Crippen LogP contribution in [0.15, 0.2) is 18.2 Å². The van der Waals surface area contributed by atoms with E-state index in [0.29, 0.717) is 5.56 Å². The van der Waals surface area contributed by atoms with Gasteiger partial charge in [-0.2, -0.15) is 0 Å². The lowest BCUT2D eigenvalue weighted by Gasteiger charge is -2.12. The number of rotatable bonds is 2. The second-order valence-corrected chi connectivity index (χ2v) is 3.14. The summed E-state index contributed by atoms with van der Waals surface area (Å²) in [5, 5.41) is 10.4. The SMILES string of the molecule is Cc1ccc([N+](=O)[O-])cc1C(C)(F)F. The molecule has 1 aromatic rings. The highest BCUT2D eigenvalue weighted by atomic mass is 19.3. The number of nitro groups is 1. The van der Waals surface area contributed by atoms with Crippen molar-refractivity contribution in [1.29, 1.82) is 0 Å². The fourth-order valence-corrected chi connectivity index (χ4v) is 1.20. The van der Waals surface area contributed by atoms with E-state index in [4.69, 9.17) is 0 Å². The van der Waals surface area contributed by atoms with Gasteiger partial charge in [-0.05, 0) is 12.5 Å². The van der Waals surface area contributed by atoms with Crippen molar-refractivity contribution >= 4 is 5.69 Å². The van der Waals surface area contributed by atoms with Gasteiger partial charge in [-0.15, -0.1) is 0 Å². The van der Waals surface area contributed by atoms with Gasteiger partial charge in [-0.1, -0.05) is 6.07 Å². The highest BCUT2D eigenvalue weighted by Gasteiger charge is 2.28. The lowest BCUT2D eigenvalue weighted by molar-refractivity contribution is -0.385. The van der Waals surface area contributed by atoms with Gasteiger partial charge >= 0.3 is 0 Å². The number of hydrogen-bond acceptors (Lipinski definition) is 2. The third-order valence-electron chi connectivity index (χ3n) is 1.90. The molecule has 0 saturated heterocycles. The molecule has 1 aromatic carbocycles. The maximum Gasteiger partial charge on any atom is 0.271 e. The van der Waals surface area contributed by atoms with E-state index in [-0.39, 0.29) is 11.3 Å². The van der Waals surface area contributed by atoms with E-state index in [0.717, 1.165) is 13.0 Å². The summed E-state index contributed by atoms with van der Waals surface area (Å²) in [6, 6.07) is 3.45. The van der Waals surface area contributed by atoms with E-state index in [1.807, 2.05) is 0 Å². The second-order valence-electron chi connectivity index (χ2n) is 3.14. The number of hydrogen-bond donors (Lipinski definition) is 0. The molecule has 0 fully saturated rings. The maximum atomic E-state index is 12.9. The molecule has 0 N–H and O–H groups in total. The molecule has 0 amide bonds. The number of aryl methyl sites for hydroxylation is 1. The van der Waals surface area contributed by atoms with E-state index < -0.39 is 10.8 Å². The van der Waals surface area contributed by atoms with Crippen LogP contribution in [0, 0.1) is 17.0 Å². The molecule has 0 aliphatic rings. The van der Waals surface area contributed by atoms with Gasteiger partial charge in [0.05, 0.1) is 4.92 Å². The van der Waals surface area contributed by atoms with Crippen LogP contribution < -0.4 is 0 Å². The smallest absolute Gasteiger partial charge is 0.258 e. The minimum Gasteiger partial charge on any atom is -0.258 e. The molecule has 0 radical (unpaired) electrons. The molecule has 0 atom stereocenters. The first-order chi connectivity index (χ1) is 6.32. The van der Waals surface area contributed by atoms with Crippen LogP contribution in [0.5, 0.6) is 0 Å². The van der Waals surface area contributed by atoms with Crippen molar-refractivity contribution in [3.05, 3.63) is 39.4 Å². The number of alkyl halides is 2. The Labute approximate surface area is 79.5 Å². The molecule has 0 aliphatic carbocycles. The van der Waals surface area contributed by atoms with E-state index >= 15 is 0 Å². The Balaban J connectivity index is 3.29. The Bertz CT molecular complexity index is 372. The monoisotopic (exact) mass is 201 g/mol. The molecule has 0 spiro atoms. The summed E-state index contributed by atoms with van der Waals surface area (Å²) in [7, 11) is 0. The first-order valence-corrected chi connectivity index (χ1v) is 3.95. The number of benzene rings is 1. The van der Waals surface area contributed by atoms with Gasteiger partial charge in [0.15, 0.2) is 0 Å². The minimum atomic E-state index is -3.05. The van der Waals surface area contributed by atoms with Crippen LogP contribution in [0.2, 0.25) is 0 Å². The molecule has 3 nitrogen and oxygen atoms in total. The van der Waals surface area contributed by atoms with Gasteiger partial charge < -0.3 is 0 Å². The van der Waals surface area contributed by atoms with Crippen molar-refractivity contribution in [2.45, 2.75) is 19.8 Å². The van der Waals surface area contributed by atoms with Gasteiger partial charge in [0, 0.05) is 24.6 Å². The van der Waals surface area contributed by atoms with E-state index in [1.54, 1.807) is 0 Å². The Morgan fingerprint density at radius 1 is 1.43 bits per heavy atom. The lowest BCUT2D eigenvalue weighted by atomic mass is 10.0. The summed E-state index contributed by atoms with van der Waals surface area (Å²) in [6.45, 7) is 2.22. The Morgan fingerprint density at radius 3 is 2.43 bits per heavy atom. The molecule has 0 heterocycles. The summed E-state index contributed by atoms with van der Waals surface area (Å²) in [6.07, 6.45) is 0. The van der Waals surface area contributed by atoms with E-state index in [9.17, 15) is 18.9 Å². The van der Waals surface area contributed by atoms with Crippen LogP contribution in [-0.4, -0.2) is 4.92 Å². The Kier molecular flexibility index (Phi) is 2.51. The first kappa shape index (κ1) is 10.6. The molecule has 76 valence electrons.